The van der Waals surface area contributed by atoms with Crippen molar-refractivity contribution in [1.82, 2.24) is 5.32 Å². The molecule has 0 bridgehead atoms. The molecule has 2 heterocycles. The second-order valence-corrected chi connectivity index (χ2v) is 8.04. The van der Waals surface area contributed by atoms with Gasteiger partial charge in [0.2, 0.25) is 0 Å². The predicted molar refractivity (Wildman–Crippen MR) is 78.3 cm³/mol. The van der Waals surface area contributed by atoms with Gasteiger partial charge in [0.15, 0.2) is 16.4 Å². The Balaban J connectivity index is 1.88. The van der Waals surface area contributed by atoms with Gasteiger partial charge < -0.3 is 14.5 Å². The number of nitrogens with one attached hydrogen (secondary N) is 1. The number of carbonyl (C=O) groups excluding carboxylic acids is 2. The second-order valence-electron chi connectivity index (χ2n) is 5.85. The second kappa shape index (κ2) is 5.75. The molecular weight excluding hydrogens is 310 g/mol. The summed E-state index contributed by atoms with van der Waals surface area (Å²) in [6.07, 6.45) is 0.356. The van der Waals surface area contributed by atoms with Crippen LogP contribution in [0.1, 0.15) is 35.2 Å². The Kier molecular flexibility index (Phi) is 4.32. The van der Waals surface area contributed by atoms with Crippen LogP contribution in [0.15, 0.2) is 10.5 Å². The summed E-state index contributed by atoms with van der Waals surface area (Å²) in [5, 5.41) is 2.62. The number of furan rings is 1. The maximum absolute atomic E-state index is 11.8. The van der Waals surface area contributed by atoms with Gasteiger partial charge in [0.1, 0.15) is 17.1 Å². The highest BCUT2D eigenvalue weighted by atomic mass is 32.2. The number of carbonyl (C=O) groups is 2. The van der Waals surface area contributed by atoms with Crippen LogP contribution < -0.4 is 5.32 Å². The number of amides is 1. The SMILES string of the molecule is Cc1cc(C(=O)OCC(=O)N[C@@]2(C)CCS(=O)(=O)C2)c(C)o1. The summed E-state index contributed by atoms with van der Waals surface area (Å²) >= 11 is 0. The lowest BCUT2D eigenvalue weighted by molar-refractivity contribution is -0.125. The zero-order chi connectivity index (χ0) is 16.5. The molecule has 0 saturated carbocycles. The van der Waals surface area contributed by atoms with Gasteiger partial charge in [0.25, 0.3) is 5.91 Å². The van der Waals surface area contributed by atoms with Gasteiger partial charge in [-0.25, -0.2) is 13.2 Å². The van der Waals surface area contributed by atoms with E-state index in [1.807, 2.05) is 0 Å². The van der Waals surface area contributed by atoms with Crippen LogP contribution in [0, 0.1) is 13.8 Å². The summed E-state index contributed by atoms with van der Waals surface area (Å²) < 4.78 is 33.1. The van der Waals surface area contributed by atoms with E-state index in [1.165, 1.54) is 0 Å². The number of esters is 1. The minimum absolute atomic E-state index is 0.0526. The normalized spacial score (nSPS) is 23.2. The van der Waals surface area contributed by atoms with Crippen LogP contribution in [0.4, 0.5) is 0 Å². The Hall–Kier alpha value is -1.83. The van der Waals surface area contributed by atoms with Crippen LogP contribution in [-0.2, 0) is 19.4 Å². The molecule has 1 aromatic heterocycles. The number of aryl methyl sites for hydroxylation is 2. The summed E-state index contributed by atoms with van der Waals surface area (Å²) in [7, 11) is -3.11. The highest BCUT2D eigenvalue weighted by Gasteiger charge is 2.39. The number of hydrogen-bond donors (Lipinski definition) is 1. The summed E-state index contributed by atoms with van der Waals surface area (Å²) in [6, 6.07) is 1.54. The Morgan fingerprint density at radius 1 is 1.41 bits per heavy atom. The Morgan fingerprint density at radius 3 is 2.59 bits per heavy atom. The van der Waals surface area contributed by atoms with Crippen molar-refractivity contribution in [3.05, 3.63) is 23.2 Å². The Bertz CT molecular complexity index is 705. The molecule has 22 heavy (non-hydrogen) atoms. The maximum Gasteiger partial charge on any atom is 0.342 e. The standard InChI is InChI=1S/C14H19NO6S/c1-9-6-11(10(2)21-9)13(17)20-7-12(16)15-14(3)4-5-22(18,19)8-14/h6H,4-5,7-8H2,1-3H3,(H,15,16)/t14-/m0/s1. The van der Waals surface area contributed by atoms with Crippen LogP contribution in [0.3, 0.4) is 0 Å². The molecule has 2 rings (SSSR count). The Labute approximate surface area is 128 Å². The number of sulfone groups is 1. The van der Waals surface area contributed by atoms with Crippen molar-refractivity contribution in [2.75, 3.05) is 18.1 Å². The molecule has 1 aliphatic rings. The molecule has 1 amide bonds. The van der Waals surface area contributed by atoms with Crippen LogP contribution in [0.5, 0.6) is 0 Å². The minimum Gasteiger partial charge on any atom is -0.466 e. The van der Waals surface area contributed by atoms with Gasteiger partial charge in [0, 0.05) is 0 Å². The zero-order valence-corrected chi connectivity index (χ0v) is 13.6. The number of hydrogen-bond acceptors (Lipinski definition) is 6. The van der Waals surface area contributed by atoms with Gasteiger partial charge in [-0.15, -0.1) is 0 Å². The molecule has 0 radical (unpaired) electrons. The smallest absolute Gasteiger partial charge is 0.342 e. The summed E-state index contributed by atoms with van der Waals surface area (Å²) in [5.41, 5.74) is -0.523. The van der Waals surface area contributed by atoms with Gasteiger partial charge in [0.05, 0.1) is 17.0 Å². The summed E-state index contributed by atoms with van der Waals surface area (Å²) in [5.74, 6) is -0.203. The lowest BCUT2D eigenvalue weighted by Crippen LogP contribution is -2.48. The maximum atomic E-state index is 11.8. The third-order valence-electron chi connectivity index (χ3n) is 3.54. The third kappa shape index (κ3) is 3.88. The molecule has 1 aromatic rings. The van der Waals surface area contributed by atoms with Gasteiger partial charge in [-0.1, -0.05) is 0 Å². The largest absolute Gasteiger partial charge is 0.466 e. The minimum atomic E-state index is -3.11. The first-order chi connectivity index (χ1) is 10.1. The summed E-state index contributed by atoms with van der Waals surface area (Å²) in [6.45, 7) is 4.55. The van der Waals surface area contributed by atoms with E-state index in [0.29, 0.717) is 17.9 Å². The van der Waals surface area contributed by atoms with Gasteiger partial charge in [-0.2, -0.15) is 0 Å². The van der Waals surface area contributed by atoms with E-state index in [-0.39, 0.29) is 17.1 Å². The van der Waals surface area contributed by atoms with E-state index in [0.717, 1.165) is 0 Å². The quantitative estimate of drug-likeness (QED) is 0.818. The van der Waals surface area contributed by atoms with Crippen molar-refractivity contribution in [1.29, 1.82) is 0 Å². The van der Waals surface area contributed by atoms with Crippen molar-refractivity contribution in [3.8, 4) is 0 Å². The van der Waals surface area contributed by atoms with Crippen molar-refractivity contribution < 1.29 is 27.2 Å². The van der Waals surface area contributed by atoms with E-state index in [4.69, 9.17) is 9.15 Å². The first kappa shape index (κ1) is 16.5. The van der Waals surface area contributed by atoms with Crippen molar-refractivity contribution in [2.24, 2.45) is 0 Å². The molecular formula is C14H19NO6S. The molecule has 1 saturated heterocycles. The third-order valence-corrected chi connectivity index (χ3v) is 5.44. The molecule has 0 unspecified atom stereocenters. The predicted octanol–water partition coefficient (Wildman–Crippen LogP) is 0.747. The lowest BCUT2D eigenvalue weighted by atomic mass is 10.0. The lowest BCUT2D eigenvalue weighted by Gasteiger charge is -2.23. The van der Waals surface area contributed by atoms with Crippen LogP contribution >= 0.6 is 0 Å². The monoisotopic (exact) mass is 329 g/mol. The fourth-order valence-electron chi connectivity index (χ4n) is 2.52. The van der Waals surface area contributed by atoms with E-state index >= 15 is 0 Å². The molecule has 1 atom stereocenters. The van der Waals surface area contributed by atoms with Crippen molar-refractivity contribution in [3.63, 3.8) is 0 Å². The number of ether oxygens (including phenoxy) is 1. The molecule has 0 spiro atoms. The highest BCUT2D eigenvalue weighted by Crippen LogP contribution is 2.22. The fourth-order valence-corrected chi connectivity index (χ4v) is 4.62. The van der Waals surface area contributed by atoms with Crippen LogP contribution in [0.25, 0.3) is 0 Å². The molecule has 1 N–H and O–H groups in total. The molecule has 0 aliphatic carbocycles. The topological polar surface area (TPSA) is 103 Å². The zero-order valence-electron chi connectivity index (χ0n) is 12.8. The fraction of sp³-hybridized carbons (Fsp3) is 0.571. The van der Waals surface area contributed by atoms with Crippen LogP contribution in [-0.4, -0.2) is 43.9 Å². The van der Waals surface area contributed by atoms with E-state index < -0.39 is 33.9 Å². The molecule has 8 heteroatoms. The van der Waals surface area contributed by atoms with E-state index in [9.17, 15) is 18.0 Å². The van der Waals surface area contributed by atoms with E-state index in [2.05, 4.69) is 5.32 Å². The molecule has 122 valence electrons. The average molecular weight is 329 g/mol. The number of rotatable bonds is 4. The molecule has 0 aromatic carbocycles. The molecule has 7 nitrogen and oxygen atoms in total. The molecule has 1 fully saturated rings. The van der Waals surface area contributed by atoms with E-state index in [1.54, 1.807) is 26.8 Å². The Morgan fingerprint density at radius 2 is 2.09 bits per heavy atom. The first-order valence-electron chi connectivity index (χ1n) is 6.86. The molecule has 1 aliphatic heterocycles. The van der Waals surface area contributed by atoms with Gasteiger partial charge in [-0.05, 0) is 33.3 Å². The summed E-state index contributed by atoms with van der Waals surface area (Å²) in [4.78, 5) is 23.7. The highest BCUT2D eigenvalue weighted by molar-refractivity contribution is 7.91. The average Bonchev–Trinajstić information content (AvgIpc) is 2.85. The van der Waals surface area contributed by atoms with Gasteiger partial charge in [-0.3, -0.25) is 4.79 Å². The van der Waals surface area contributed by atoms with Crippen LogP contribution in [0.2, 0.25) is 0 Å². The van der Waals surface area contributed by atoms with Gasteiger partial charge >= 0.3 is 5.97 Å². The first-order valence-corrected chi connectivity index (χ1v) is 8.68. The van der Waals surface area contributed by atoms with Crippen molar-refractivity contribution in [2.45, 2.75) is 32.7 Å². The van der Waals surface area contributed by atoms with Crippen molar-refractivity contribution >= 4 is 21.7 Å².